The van der Waals surface area contributed by atoms with E-state index in [1.165, 1.54) is 0 Å². The van der Waals surface area contributed by atoms with Gasteiger partial charge in [0.15, 0.2) is 5.82 Å². The molecule has 1 fully saturated rings. The van der Waals surface area contributed by atoms with Crippen LogP contribution in [0.3, 0.4) is 0 Å². The quantitative estimate of drug-likeness (QED) is 0.874. The molecule has 2 aromatic heterocycles. The molecule has 0 bridgehead atoms. The van der Waals surface area contributed by atoms with Gasteiger partial charge in [0.2, 0.25) is 5.91 Å². The zero-order chi connectivity index (χ0) is 16.9. The van der Waals surface area contributed by atoms with Crippen molar-refractivity contribution in [1.82, 2.24) is 25.1 Å². The Morgan fingerprint density at radius 3 is 3.04 bits per heavy atom. The van der Waals surface area contributed by atoms with Crippen LogP contribution in [0.25, 0.3) is 5.82 Å². The molecule has 1 atom stereocenters. The molecule has 0 aromatic carbocycles. The predicted molar refractivity (Wildman–Crippen MR) is 89.4 cm³/mol. The number of aromatic nitrogens is 3. The highest BCUT2D eigenvalue weighted by Gasteiger charge is 2.18. The summed E-state index contributed by atoms with van der Waals surface area (Å²) in [6, 6.07) is 5.60. The van der Waals surface area contributed by atoms with Gasteiger partial charge in [-0.1, -0.05) is 6.07 Å². The SMILES string of the molecule is Cc1c(C(C)NC(=O)CCN2CCCO2)cnn1-c1ccccn1. The molecule has 1 saturated heterocycles. The fourth-order valence-electron chi connectivity index (χ4n) is 2.85. The number of nitrogens with one attached hydrogen (secondary N) is 1. The van der Waals surface area contributed by atoms with Crippen molar-refractivity contribution in [1.29, 1.82) is 0 Å². The molecule has 0 radical (unpaired) electrons. The predicted octanol–water partition coefficient (Wildman–Crippen LogP) is 1.78. The third-order valence-corrected chi connectivity index (χ3v) is 4.17. The zero-order valence-corrected chi connectivity index (χ0v) is 14.1. The van der Waals surface area contributed by atoms with Crippen molar-refractivity contribution in [2.45, 2.75) is 32.7 Å². The minimum Gasteiger partial charge on any atom is -0.349 e. The van der Waals surface area contributed by atoms with Gasteiger partial charge < -0.3 is 5.32 Å². The Kier molecular flexibility index (Phi) is 5.22. The number of pyridine rings is 1. The third-order valence-electron chi connectivity index (χ3n) is 4.17. The van der Waals surface area contributed by atoms with Crippen molar-refractivity contribution < 1.29 is 9.63 Å². The highest BCUT2D eigenvalue weighted by atomic mass is 16.7. The van der Waals surface area contributed by atoms with Gasteiger partial charge in [-0.15, -0.1) is 0 Å². The maximum Gasteiger partial charge on any atom is 0.221 e. The molecule has 0 aliphatic carbocycles. The summed E-state index contributed by atoms with van der Waals surface area (Å²) >= 11 is 0. The maximum absolute atomic E-state index is 12.1. The molecule has 24 heavy (non-hydrogen) atoms. The van der Waals surface area contributed by atoms with Gasteiger partial charge in [-0.3, -0.25) is 9.63 Å². The van der Waals surface area contributed by atoms with E-state index in [0.717, 1.165) is 36.6 Å². The first-order valence-electron chi connectivity index (χ1n) is 8.28. The second-order valence-corrected chi connectivity index (χ2v) is 5.94. The van der Waals surface area contributed by atoms with Crippen LogP contribution in [0.2, 0.25) is 0 Å². The van der Waals surface area contributed by atoms with E-state index in [4.69, 9.17) is 4.84 Å². The summed E-state index contributed by atoms with van der Waals surface area (Å²) in [7, 11) is 0. The van der Waals surface area contributed by atoms with Gasteiger partial charge in [0.05, 0.1) is 18.8 Å². The molecule has 3 rings (SSSR count). The number of carbonyl (C=O) groups excluding carboxylic acids is 1. The van der Waals surface area contributed by atoms with Crippen molar-refractivity contribution in [2.24, 2.45) is 0 Å². The fourth-order valence-corrected chi connectivity index (χ4v) is 2.85. The first-order chi connectivity index (χ1) is 11.6. The van der Waals surface area contributed by atoms with E-state index in [0.29, 0.717) is 13.0 Å². The van der Waals surface area contributed by atoms with E-state index < -0.39 is 0 Å². The summed E-state index contributed by atoms with van der Waals surface area (Å²) in [4.78, 5) is 21.8. The lowest BCUT2D eigenvalue weighted by atomic mass is 10.1. The lowest BCUT2D eigenvalue weighted by Crippen LogP contribution is -2.30. The number of hydrogen-bond donors (Lipinski definition) is 1. The number of hydrogen-bond acceptors (Lipinski definition) is 5. The molecular formula is C17H23N5O2. The Balaban J connectivity index is 1.59. The molecular weight excluding hydrogens is 306 g/mol. The zero-order valence-electron chi connectivity index (χ0n) is 14.1. The number of amides is 1. The molecule has 7 nitrogen and oxygen atoms in total. The number of hydroxylamine groups is 2. The van der Waals surface area contributed by atoms with E-state index >= 15 is 0 Å². The van der Waals surface area contributed by atoms with E-state index in [-0.39, 0.29) is 11.9 Å². The first kappa shape index (κ1) is 16.6. The van der Waals surface area contributed by atoms with Crippen molar-refractivity contribution in [2.75, 3.05) is 19.7 Å². The molecule has 0 saturated carbocycles. The smallest absolute Gasteiger partial charge is 0.221 e. The fraction of sp³-hybridized carbons (Fsp3) is 0.471. The molecule has 1 aliphatic rings. The molecule has 3 heterocycles. The topological polar surface area (TPSA) is 72.3 Å². The van der Waals surface area contributed by atoms with Gasteiger partial charge in [-0.05, 0) is 32.4 Å². The van der Waals surface area contributed by atoms with Crippen LogP contribution in [0.1, 0.15) is 37.1 Å². The second kappa shape index (κ2) is 7.55. The van der Waals surface area contributed by atoms with Crippen LogP contribution >= 0.6 is 0 Å². The van der Waals surface area contributed by atoms with Crippen LogP contribution in [0.15, 0.2) is 30.6 Å². The van der Waals surface area contributed by atoms with Crippen LogP contribution in [0, 0.1) is 6.92 Å². The largest absolute Gasteiger partial charge is 0.349 e. The molecule has 1 aliphatic heterocycles. The first-order valence-corrected chi connectivity index (χ1v) is 8.28. The Hall–Kier alpha value is -2.25. The van der Waals surface area contributed by atoms with Gasteiger partial charge in [0.25, 0.3) is 0 Å². The van der Waals surface area contributed by atoms with Crippen LogP contribution in [-0.4, -0.2) is 45.4 Å². The summed E-state index contributed by atoms with van der Waals surface area (Å²) < 4.78 is 1.79. The molecule has 2 aromatic rings. The van der Waals surface area contributed by atoms with E-state index in [1.807, 2.05) is 37.1 Å². The minimum atomic E-state index is -0.102. The van der Waals surface area contributed by atoms with Crippen molar-refractivity contribution in [3.8, 4) is 5.82 Å². The van der Waals surface area contributed by atoms with Crippen LogP contribution in [-0.2, 0) is 9.63 Å². The van der Waals surface area contributed by atoms with Crippen LogP contribution in [0.4, 0.5) is 0 Å². The minimum absolute atomic E-state index is 0.0167. The standard InChI is InChI=1S/C17H23N5O2/c1-13(20-17(23)7-10-21-9-5-11-24-21)15-12-19-22(14(15)2)16-6-3-4-8-18-16/h3-4,6,8,12-13H,5,7,9-11H2,1-2H3,(H,20,23). The average Bonchev–Trinajstić information content (AvgIpc) is 3.23. The van der Waals surface area contributed by atoms with Crippen molar-refractivity contribution in [3.63, 3.8) is 0 Å². The van der Waals surface area contributed by atoms with Crippen molar-refractivity contribution >= 4 is 5.91 Å². The molecule has 1 unspecified atom stereocenters. The van der Waals surface area contributed by atoms with Gasteiger partial charge in [0, 0.05) is 37.0 Å². The van der Waals surface area contributed by atoms with Gasteiger partial charge in [0.1, 0.15) is 0 Å². The Labute approximate surface area is 141 Å². The highest BCUT2D eigenvalue weighted by Crippen LogP contribution is 2.19. The van der Waals surface area contributed by atoms with Crippen LogP contribution in [0.5, 0.6) is 0 Å². The van der Waals surface area contributed by atoms with Gasteiger partial charge in [-0.25, -0.2) is 9.67 Å². The summed E-state index contributed by atoms with van der Waals surface area (Å²) in [6.45, 7) is 6.24. The summed E-state index contributed by atoms with van der Waals surface area (Å²) in [6.07, 6.45) is 4.99. The van der Waals surface area contributed by atoms with E-state index in [1.54, 1.807) is 17.1 Å². The van der Waals surface area contributed by atoms with Gasteiger partial charge in [-0.2, -0.15) is 10.2 Å². The molecule has 1 N–H and O–H groups in total. The molecule has 128 valence electrons. The van der Waals surface area contributed by atoms with Crippen molar-refractivity contribution in [3.05, 3.63) is 41.9 Å². The van der Waals surface area contributed by atoms with E-state index in [9.17, 15) is 4.79 Å². The molecule has 7 heteroatoms. The number of nitrogens with zero attached hydrogens (tertiary/aromatic N) is 4. The Morgan fingerprint density at radius 1 is 1.46 bits per heavy atom. The second-order valence-electron chi connectivity index (χ2n) is 5.94. The van der Waals surface area contributed by atoms with Crippen LogP contribution < -0.4 is 5.32 Å². The average molecular weight is 329 g/mol. The van der Waals surface area contributed by atoms with E-state index in [2.05, 4.69) is 15.4 Å². The summed E-state index contributed by atoms with van der Waals surface area (Å²) in [5, 5.41) is 9.28. The lowest BCUT2D eigenvalue weighted by molar-refractivity contribution is -0.130. The molecule has 1 amide bonds. The summed E-state index contributed by atoms with van der Waals surface area (Å²) in [5.41, 5.74) is 1.97. The number of carbonyl (C=O) groups is 1. The van der Waals surface area contributed by atoms with Gasteiger partial charge >= 0.3 is 0 Å². The monoisotopic (exact) mass is 329 g/mol. The maximum atomic E-state index is 12.1. The Bertz CT molecular complexity index is 680. The lowest BCUT2D eigenvalue weighted by Gasteiger charge is -2.16. The summed E-state index contributed by atoms with van der Waals surface area (Å²) in [5.74, 6) is 0.786. The highest BCUT2D eigenvalue weighted by molar-refractivity contribution is 5.76. The molecule has 0 spiro atoms. The normalized spacial score (nSPS) is 16.2. The third kappa shape index (κ3) is 3.80. The Morgan fingerprint density at radius 2 is 2.33 bits per heavy atom. The number of rotatable bonds is 6.